The molecular weight excluding hydrogens is 438 g/mol. The first kappa shape index (κ1) is 21.5. The van der Waals surface area contributed by atoms with Crippen molar-refractivity contribution in [3.05, 3.63) is 76.8 Å². The van der Waals surface area contributed by atoms with Gasteiger partial charge in [-0.1, -0.05) is 6.07 Å². The van der Waals surface area contributed by atoms with Crippen LogP contribution in [0.5, 0.6) is 28.7 Å². The van der Waals surface area contributed by atoms with E-state index < -0.39 is 0 Å². The molecule has 1 unspecified atom stereocenters. The SMILES string of the molecule is COc1ccc(/C=C2\Oc3c(ccc4c3C(c3cccnc3)CC(=O)O4)C2=O)c(OC)c1OC. The molecule has 0 bridgehead atoms. The zero-order valence-corrected chi connectivity index (χ0v) is 18.8. The molecule has 0 saturated carbocycles. The first-order valence-corrected chi connectivity index (χ1v) is 10.6. The lowest BCUT2D eigenvalue weighted by Crippen LogP contribution is -2.21. The number of pyridine rings is 1. The summed E-state index contributed by atoms with van der Waals surface area (Å²) in [7, 11) is 4.55. The number of esters is 1. The molecule has 172 valence electrons. The highest BCUT2D eigenvalue weighted by Crippen LogP contribution is 2.49. The maximum atomic E-state index is 13.3. The van der Waals surface area contributed by atoms with Gasteiger partial charge >= 0.3 is 5.97 Å². The molecule has 8 nitrogen and oxygen atoms in total. The highest BCUT2D eigenvalue weighted by Gasteiger charge is 2.38. The van der Waals surface area contributed by atoms with E-state index in [9.17, 15) is 9.59 Å². The van der Waals surface area contributed by atoms with Crippen LogP contribution in [0.1, 0.15) is 39.4 Å². The highest BCUT2D eigenvalue weighted by molar-refractivity contribution is 6.15. The van der Waals surface area contributed by atoms with E-state index in [1.54, 1.807) is 48.8 Å². The van der Waals surface area contributed by atoms with Crippen LogP contribution in [0.15, 0.2) is 54.6 Å². The number of allylic oxidation sites excluding steroid dienone is 1. The van der Waals surface area contributed by atoms with E-state index in [1.807, 2.05) is 6.07 Å². The lowest BCUT2D eigenvalue weighted by atomic mass is 9.85. The number of fused-ring (bicyclic) bond motifs is 3. The minimum absolute atomic E-state index is 0.120. The predicted molar refractivity (Wildman–Crippen MR) is 122 cm³/mol. The first-order valence-electron chi connectivity index (χ1n) is 10.6. The number of rotatable bonds is 5. The minimum atomic E-state index is -0.351. The van der Waals surface area contributed by atoms with Crippen molar-refractivity contribution in [2.24, 2.45) is 0 Å². The van der Waals surface area contributed by atoms with Crippen LogP contribution in [0.25, 0.3) is 6.08 Å². The van der Waals surface area contributed by atoms with Crippen molar-refractivity contribution < 1.29 is 33.3 Å². The molecule has 1 aromatic heterocycles. The molecule has 2 aliphatic rings. The van der Waals surface area contributed by atoms with Crippen molar-refractivity contribution in [1.29, 1.82) is 0 Å². The van der Waals surface area contributed by atoms with E-state index in [0.717, 1.165) is 5.56 Å². The van der Waals surface area contributed by atoms with Gasteiger partial charge in [-0.25, -0.2) is 0 Å². The van der Waals surface area contributed by atoms with Gasteiger partial charge in [-0.05, 0) is 42.0 Å². The number of Topliss-reactive ketones (excluding diaryl/α,β-unsaturated/α-hetero) is 1. The zero-order valence-electron chi connectivity index (χ0n) is 18.8. The van der Waals surface area contributed by atoms with Gasteiger partial charge in [0.1, 0.15) is 11.5 Å². The number of carbonyl (C=O) groups excluding carboxylic acids is 2. The third-order valence-corrected chi connectivity index (χ3v) is 5.89. The Balaban J connectivity index is 1.61. The van der Waals surface area contributed by atoms with Crippen molar-refractivity contribution in [2.75, 3.05) is 21.3 Å². The Kier molecular flexibility index (Phi) is 5.41. The summed E-state index contributed by atoms with van der Waals surface area (Å²) in [4.78, 5) is 29.7. The molecule has 5 rings (SSSR count). The zero-order chi connectivity index (χ0) is 23.8. The van der Waals surface area contributed by atoms with E-state index in [1.165, 1.54) is 21.3 Å². The van der Waals surface area contributed by atoms with Crippen LogP contribution >= 0.6 is 0 Å². The molecule has 34 heavy (non-hydrogen) atoms. The van der Waals surface area contributed by atoms with Crippen LogP contribution in [0, 0.1) is 0 Å². The minimum Gasteiger partial charge on any atom is -0.493 e. The molecule has 0 N–H and O–H groups in total. The summed E-state index contributed by atoms with van der Waals surface area (Å²) >= 11 is 0. The summed E-state index contributed by atoms with van der Waals surface area (Å²) in [5, 5.41) is 0. The van der Waals surface area contributed by atoms with Gasteiger partial charge in [0.05, 0.1) is 33.3 Å². The molecule has 0 aliphatic carbocycles. The van der Waals surface area contributed by atoms with E-state index in [0.29, 0.717) is 45.4 Å². The van der Waals surface area contributed by atoms with Crippen LogP contribution in [-0.4, -0.2) is 38.1 Å². The topological polar surface area (TPSA) is 93.2 Å². The second-order valence-corrected chi connectivity index (χ2v) is 7.73. The fourth-order valence-electron chi connectivity index (χ4n) is 4.35. The van der Waals surface area contributed by atoms with Crippen molar-refractivity contribution >= 4 is 17.8 Å². The number of ether oxygens (including phenoxy) is 5. The fourth-order valence-corrected chi connectivity index (χ4v) is 4.35. The van der Waals surface area contributed by atoms with Crippen LogP contribution in [0.2, 0.25) is 0 Å². The second kappa shape index (κ2) is 8.55. The molecule has 2 aromatic carbocycles. The summed E-state index contributed by atoms with van der Waals surface area (Å²) in [5.41, 5.74) is 2.47. The molecule has 3 aromatic rings. The summed E-state index contributed by atoms with van der Waals surface area (Å²) in [6, 6.07) is 10.4. The Hall–Kier alpha value is -4.33. The molecule has 0 fully saturated rings. The molecule has 2 aliphatic heterocycles. The quantitative estimate of drug-likeness (QED) is 0.319. The first-order chi connectivity index (χ1) is 16.5. The van der Waals surface area contributed by atoms with Crippen LogP contribution in [0.3, 0.4) is 0 Å². The van der Waals surface area contributed by atoms with Gasteiger partial charge in [0.2, 0.25) is 11.5 Å². The van der Waals surface area contributed by atoms with E-state index in [2.05, 4.69) is 4.98 Å². The Morgan fingerprint density at radius 1 is 0.971 bits per heavy atom. The number of aromatic nitrogens is 1. The number of hydrogen-bond donors (Lipinski definition) is 0. The van der Waals surface area contributed by atoms with Gasteiger partial charge in [-0.3, -0.25) is 14.6 Å². The standard InChI is InChI=1S/C26H21NO7/c1-30-19-8-6-14(24(31-2)26(19)32-3)11-20-23(29)16-7-9-18-22(25(16)34-20)17(12-21(28)33-18)15-5-4-10-27-13-15/h4-11,13,17H,12H2,1-3H3/b20-11-. The normalized spacial score (nSPS) is 17.5. The van der Waals surface area contributed by atoms with E-state index in [-0.39, 0.29) is 29.9 Å². The largest absolute Gasteiger partial charge is 0.493 e. The molecule has 0 saturated heterocycles. The number of carbonyl (C=O) groups is 2. The van der Waals surface area contributed by atoms with Crippen LogP contribution in [-0.2, 0) is 4.79 Å². The summed E-state index contributed by atoms with van der Waals surface area (Å²) in [6.07, 6.45) is 5.09. The fraction of sp³-hybridized carbons (Fsp3) is 0.192. The third kappa shape index (κ3) is 3.44. The molecule has 3 heterocycles. The lowest BCUT2D eigenvalue weighted by Gasteiger charge is -2.26. The van der Waals surface area contributed by atoms with Crippen molar-refractivity contribution in [3.63, 3.8) is 0 Å². The number of methoxy groups -OCH3 is 3. The van der Waals surface area contributed by atoms with E-state index >= 15 is 0 Å². The molecule has 0 radical (unpaired) electrons. The molecule has 0 amide bonds. The monoisotopic (exact) mass is 459 g/mol. The molecular formula is C26H21NO7. The molecule has 1 atom stereocenters. The Morgan fingerprint density at radius 3 is 2.50 bits per heavy atom. The summed E-state index contributed by atoms with van der Waals surface area (Å²) < 4.78 is 27.9. The second-order valence-electron chi connectivity index (χ2n) is 7.73. The van der Waals surface area contributed by atoms with Crippen LogP contribution < -0.4 is 23.7 Å². The van der Waals surface area contributed by atoms with Crippen LogP contribution in [0.4, 0.5) is 0 Å². The maximum Gasteiger partial charge on any atom is 0.312 e. The Morgan fingerprint density at radius 2 is 1.79 bits per heavy atom. The average molecular weight is 459 g/mol. The summed E-state index contributed by atoms with van der Waals surface area (Å²) in [5.74, 6) is 1.22. The maximum absolute atomic E-state index is 13.3. The van der Waals surface area contributed by atoms with Gasteiger partial charge in [-0.15, -0.1) is 0 Å². The van der Waals surface area contributed by atoms with Gasteiger partial charge < -0.3 is 23.7 Å². The van der Waals surface area contributed by atoms with Gasteiger partial charge in [0, 0.05) is 29.4 Å². The molecule has 0 spiro atoms. The number of ketones is 1. The molecule has 8 heteroatoms. The van der Waals surface area contributed by atoms with Gasteiger partial charge in [0.15, 0.2) is 17.3 Å². The van der Waals surface area contributed by atoms with Crippen molar-refractivity contribution in [2.45, 2.75) is 12.3 Å². The smallest absolute Gasteiger partial charge is 0.312 e. The predicted octanol–water partition coefficient (Wildman–Crippen LogP) is 4.16. The number of benzene rings is 2. The highest BCUT2D eigenvalue weighted by atomic mass is 16.5. The Labute approximate surface area is 195 Å². The van der Waals surface area contributed by atoms with E-state index in [4.69, 9.17) is 23.7 Å². The third-order valence-electron chi connectivity index (χ3n) is 5.89. The average Bonchev–Trinajstić information content (AvgIpc) is 3.18. The lowest BCUT2D eigenvalue weighted by molar-refractivity contribution is -0.135. The number of nitrogens with zero attached hydrogens (tertiary/aromatic N) is 1. The summed E-state index contributed by atoms with van der Waals surface area (Å²) in [6.45, 7) is 0. The Bertz CT molecular complexity index is 1330. The number of hydrogen-bond acceptors (Lipinski definition) is 8. The van der Waals surface area contributed by atoms with Crippen molar-refractivity contribution in [1.82, 2.24) is 4.98 Å². The van der Waals surface area contributed by atoms with Crippen molar-refractivity contribution in [3.8, 4) is 28.7 Å². The van der Waals surface area contributed by atoms with Gasteiger partial charge in [0.25, 0.3) is 0 Å². The van der Waals surface area contributed by atoms with Gasteiger partial charge in [-0.2, -0.15) is 0 Å².